The molecule has 0 radical (unpaired) electrons. The molecule has 0 aromatic heterocycles. The second-order valence-corrected chi connectivity index (χ2v) is 8.86. The predicted octanol–water partition coefficient (Wildman–Crippen LogP) is 3.01. The van der Waals surface area contributed by atoms with Gasteiger partial charge in [0.2, 0.25) is 0 Å². The van der Waals surface area contributed by atoms with Gasteiger partial charge in [-0.15, -0.1) is 0 Å². The molecule has 3 rings (SSSR count). The van der Waals surface area contributed by atoms with Crippen LogP contribution in [0.4, 0.5) is 4.79 Å². The van der Waals surface area contributed by atoms with E-state index in [2.05, 4.69) is 43.3 Å². The molecule has 1 N–H and O–H groups in total. The van der Waals surface area contributed by atoms with Crippen molar-refractivity contribution in [2.45, 2.75) is 49.6 Å². The molecule has 1 saturated heterocycles. The molecule has 1 aliphatic heterocycles. The molecular weight excluding hydrogens is 382 g/mol. The van der Waals surface area contributed by atoms with Crippen LogP contribution in [0.25, 0.3) is 0 Å². The van der Waals surface area contributed by atoms with Gasteiger partial charge in [0.15, 0.2) is 0 Å². The fraction of sp³-hybridized carbons (Fsp3) is 0.652. The lowest BCUT2D eigenvalue weighted by Gasteiger charge is -2.51. The van der Waals surface area contributed by atoms with Crippen LogP contribution < -0.4 is 0 Å². The van der Waals surface area contributed by atoms with Gasteiger partial charge in [-0.1, -0.05) is 30.3 Å². The molecule has 0 unspecified atom stereocenters. The van der Waals surface area contributed by atoms with Crippen molar-refractivity contribution in [3.8, 4) is 0 Å². The lowest BCUT2D eigenvalue weighted by molar-refractivity contribution is -0.137. The molecule has 1 spiro atoms. The van der Waals surface area contributed by atoms with Gasteiger partial charge in [0.05, 0.1) is 12.0 Å². The Labute approximate surface area is 179 Å². The summed E-state index contributed by atoms with van der Waals surface area (Å²) in [6, 6.07) is 10.6. The number of carboxylic acids is 1. The second-order valence-electron chi connectivity index (χ2n) is 8.86. The SMILES string of the molecule is COCCCN1C(=O)N(CCC(=O)O)CC12CCC(c1ccccc1)(N(C)C)CC2. The van der Waals surface area contributed by atoms with Crippen LogP contribution in [0.2, 0.25) is 0 Å². The van der Waals surface area contributed by atoms with Crippen molar-refractivity contribution in [2.24, 2.45) is 0 Å². The van der Waals surface area contributed by atoms with Crippen LogP contribution in [0.1, 0.15) is 44.1 Å². The Hall–Kier alpha value is -2.12. The molecule has 7 nitrogen and oxygen atoms in total. The maximum Gasteiger partial charge on any atom is 0.320 e. The van der Waals surface area contributed by atoms with E-state index in [0.717, 1.165) is 32.1 Å². The zero-order valence-electron chi connectivity index (χ0n) is 18.5. The summed E-state index contributed by atoms with van der Waals surface area (Å²) < 4.78 is 5.20. The van der Waals surface area contributed by atoms with E-state index in [4.69, 9.17) is 9.84 Å². The van der Waals surface area contributed by atoms with Crippen molar-refractivity contribution in [1.82, 2.24) is 14.7 Å². The van der Waals surface area contributed by atoms with Crippen molar-refractivity contribution in [3.05, 3.63) is 35.9 Å². The fourth-order valence-electron chi connectivity index (χ4n) is 5.29. The summed E-state index contributed by atoms with van der Waals surface area (Å²) in [5.41, 5.74) is 1.06. The number of methoxy groups -OCH3 is 1. The summed E-state index contributed by atoms with van der Waals surface area (Å²) in [4.78, 5) is 30.3. The minimum absolute atomic E-state index is 0.0145. The summed E-state index contributed by atoms with van der Waals surface area (Å²) >= 11 is 0. The van der Waals surface area contributed by atoms with Crippen LogP contribution in [-0.2, 0) is 15.1 Å². The van der Waals surface area contributed by atoms with Crippen molar-refractivity contribution >= 4 is 12.0 Å². The number of hydrogen-bond donors (Lipinski definition) is 1. The molecule has 1 saturated carbocycles. The van der Waals surface area contributed by atoms with Gasteiger partial charge in [-0.25, -0.2) is 4.79 Å². The average Bonchev–Trinajstić information content (AvgIpc) is 2.99. The number of ether oxygens (including phenoxy) is 1. The number of aliphatic carboxylic acids is 1. The van der Waals surface area contributed by atoms with Gasteiger partial charge in [0.25, 0.3) is 0 Å². The minimum atomic E-state index is -0.867. The van der Waals surface area contributed by atoms with E-state index >= 15 is 0 Å². The average molecular weight is 418 g/mol. The van der Waals surface area contributed by atoms with Gasteiger partial charge < -0.3 is 19.6 Å². The molecule has 2 fully saturated rings. The molecule has 1 aromatic rings. The number of carbonyl (C=O) groups is 2. The zero-order chi connectivity index (χ0) is 21.8. The van der Waals surface area contributed by atoms with E-state index in [0.29, 0.717) is 19.7 Å². The molecule has 2 amide bonds. The largest absolute Gasteiger partial charge is 0.481 e. The summed E-state index contributed by atoms with van der Waals surface area (Å²) in [5, 5.41) is 9.08. The lowest BCUT2D eigenvalue weighted by Crippen LogP contribution is -2.55. The minimum Gasteiger partial charge on any atom is -0.481 e. The molecule has 166 valence electrons. The van der Waals surface area contributed by atoms with Crippen LogP contribution in [0, 0.1) is 0 Å². The number of hydrogen-bond acceptors (Lipinski definition) is 4. The smallest absolute Gasteiger partial charge is 0.320 e. The quantitative estimate of drug-likeness (QED) is 0.626. The Bertz CT molecular complexity index is 729. The van der Waals surface area contributed by atoms with Gasteiger partial charge in [-0.2, -0.15) is 0 Å². The highest BCUT2D eigenvalue weighted by Gasteiger charge is 2.54. The van der Waals surface area contributed by atoms with Crippen molar-refractivity contribution in [3.63, 3.8) is 0 Å². The van der Waals surface area contributed by atoms with E-state index in [1.54, 1.807) is 12.0 Å². The number of nitrogens with zero attached hydrogens (tertiary/aromatic N) is 3. The normalized spacial score (nSPS) is 26.7. The van der Waals surface area contributed by atoms with Crippen molar-refractivity contribution in [1.29, 1.82) is 0 Å². The molecule has 7 heteroatoms. The number of benzene rings is 1. The summed E-state index contributed by atoms with van der Waals surface area (Å²) in [6.07, 6.45) is 4.51. The molecule has 2 aliphatic rings. The van der Waals surface area contributed by atoms with Gasteiger partial charge in [-0.3, -0.25) is 9.69 Å². The first kappa shape index (κ1) is 22.6. The Kier molecular flexibility index (Phi) is 7.03. The lowest BCUT2D eigenvalue weighted by atomic mass is 9.68. The summed E-state index contributed by atoms with van der Waals surface area (Å²) in [5.74, 6) is -0.867. The van der Waals surface area contributed by atoms with E-state index < -0.39 is 5.97 Å². The Morgan fingerprint density at radius 2 is 1.80 bits per heavy atom. The third-order valence-electron chi connectivity index (χ3n) is 7.06. The number of urea groups is 1. The molecule has 0 bridgehead atoms. The van der Waals surface area contributed by atoms with Crippen LogP contribution >= 0.6 is 0 Å². The Balaban J connectivity index is 1.82. The third kappa shape index (κ3) is 4.32. The highest BCUT2D eigenvalue weighted by Crippen LogP contribution is 2.48. The second kappa shape index (κ2) is 9.35. The highest BCUT2D eigenvalue weighted by molar-refractivity contribution is 5.79. The standard InChI is InChI=1S/C23H35N3O4/c1-24(2)23(19-8-5-4-6-9-19)13-11-22(12-14-23)18-25(16-10-20(27)28)21(29)26(22)15-7-17-30-3/h4-6,8-9H,7,10-18H2,1-3H3,(H,27,28). The van der Waals surface area contributed by atoms with Gasteiger partial charge in [0, 0.05) is 38.9 Å². The number of carbonyl (C=O) groups excluding carboxylic acids is 1. The first-order valence-corrected chi connectivity index (χ1v) is 10.8. The fourth-order valence-corrected chi connectivity index (χ4v) is 5.29. The predicted molar refractivity (Wildman–Crippen MR) is 115 cm³/mol. The summed E-state index contributed by atoms with van der Waals surface area (Å²) in [7, 11) is 5.95. The van der Waals surface area contributed by atoms with Gasteiger partial charge >= 0.3 is 12.0 Å². The van der Waals surface area contributed by atoms with Crippen LogP contribution in [0.5, 0.6) is 0 Å². The zero-order valence-corrected chi connectivity index (χ0v) is 18.5. The van der Waals surface area contributed by atoms with Crippen molar-refractivity contribution in [2.75, 3.05) is 47.4 Å². The summed E-state index contributed by atoms with van der Waals surface area (Å²) in [6.45, 7) is 2.15. The highest BCUT2D eigenvalue weighted by atomic mass is 16.5. The molecular formula is C23H35N3O4. The molecule has 30 heavy (non-hydrogen) atoms. The van der Waals surface area contributed by atoms with Crippen LogP contribution in [0.3, 0.4) is 0 Å². The topological polar surface area (TPSA) is 73.3 Å². The molecule has 0 atom stereocenters. The van der Waals surface area contributed by atoms with E-state index in [9.17, 15) is 9.59 Å². The van der Waals surface area contributed by atoms with Crippen LogP contribution in [-0.4, -0.2) is 84.8 Å². The van der Waals surface area contributed by atoms with E-state index in [1.165, 1.54) is 5.56 Å². The molecule has 1 aromatic carbocycles. The monoisotopic (exact) mass is 417 g/mol. The number of rotatable bonds is 9. The Morgan fingerprint density at radius 1 is 1.13 bits per heavy atom. The first-order valence-electron chi connectivity index (χ1n) is 10.8. The number of carboxylic acid groups (broad SMARTS) is 1. The van der Waals surface area contributed by atoms with Gasteiger partial charge in [0.1, 0.15) is 0 Å². The van der Waals surface area contributed by atoms with Crippen LogP contribution in [0.15, 0.2) is 30.3 Å². The molecule has 1 heterocycles. The van der Waals surface area contributed by atoms with Gasteiger partial charge in [-0.05, 0) is 51.8 Å². The maximum atomic E-state index is 13.2. The maximum absolute atomic E-state index is 13.2. The van der Waals surface area contributed by atoms with Crippen molar-refractivity contribution < 1.29 is 19.4 Å². The third-order valence-corrected chi connectivity index (χ3v) is 7.06. The molecule has 1 aliphatic carbocycles. The van der Waals surface area contributed by atoms with E-state index in [1.807, 2.05) is 11.0 Å². The van der Waals surface area contributed by atoms with E-state index in [-0.39, 0.29) is 30.1 Å². The first-order chi connectivity index (χ1) is 14.3. The number of amides is 2. The Morgan fingerprint density at radius 3 is 2.37 bits per heavy atom.